The average molecular weight is 418 g/mol. The number of halogens is 1. The molecule has 0 radical (unpaired) electrons. The molecule has 4 aromatic rings. The molecule has 0 fully saturated rings. The predicted molar refractivity (Wildman–Crippen MR) is 113 cm³/mol. The van der Waals surface area contributed by atoms with Crippen LogP contribution in [-0.4, -0.2) is 19.9 Å². The van der Waals surface area contributed by atoms with Crippen LogP contribution in [0.1, 0.15) is 22.1 Å². The zero-order valence-electron chi connectivity index (χ0n) is 15.6. The molecule has 0 amide bonds. The van der Waals surface area contributed by atoms with Crippen LogP contribution in [0.15, 0.2) is 72.9 Å². The van der Waals surface area contributed by atoms with Crippen LogP contribution in [0.3, 0.4) is 0 Å². The zero-order valence-corrected chi connectivity index (χ0v) is 16.4. The molecule has 1 aromatic heterocycles. The van der Waals surface area contributed by atoms with Crippen LogP contribution in [-0.2, 0) is 5.75 Å². The van der Waals surface area contributed by atoms with E-state index in [0.717, 1.165) is 6.07 Å². The van der Waals surface area contributed by atoms with E-state index in [1.165, 1.54) is 39.1 Å². The van der Waals surface area contributed by atoms with E-state index in [1.807, 2.05) is 24.3 Å². The van der Waals surface area contributed by atoms with Crippen molar-refractivity contribution in [3.63, 3.8) is 0 Å². The fourth-order valence-electron chi connectivity index (χ4n) is 3.78. The van der Waals surface area contributed by atoms with E-state index in [-0.39, 0.29) is 16.6 Å². The van der Waals surface area contributed by atoms with E-state index in [0.29, 0.717) is 11.4 Å². The van der Waals surface area contributed by atoms with Gasteiger partial charge in [-0.2, -0.15) is 0 Å². The summed E-state index contributed by atoms with van der Waals surface area (Å²) < 4.78 is 14.7. The van der Waals surface area contributed by atoms with Crippen LogP contribution in [0.2, 0.25) is 0 Å². The molecule has 0 saturated carbocycles. The molecule has 0 spiro atoms. The number of aromatic nitrogens is 3. The van der Waals surface area contributed by atoms with Gasteiger partial charge < -0.3 is 0 Å². The molecule has 0 saturated heterocycles. The minimum Gasteiger partial charge on any atom is -0.258 e. The Morgan fingerprint density at radius 3 is 2.37 bits per heavy atom. The van der Waals surface area contributed by atoms with Crippen LogP contribution >= 0.6 is 11.8 Å². The summed E-state index contributed by atoms with van der Waals surface area (Å²) in [5.41, 5.74) is 5.56. The van der Waals surface area contributed by atoms with Gasteiger partial charge in [-0.25, -0.2) is 9.07 Å². The Morgan fingerprint density at radius 1 is 1.03 bits per heavy atom. The van der Waals surface area contributed by atoms with Crippen molar-refractivity contribution in [1.29, 1.82) is 0 Å². The third kappa shape index (κ3) is 3.15. The first-order valence-electron chi connectivity index (χ1n) is 9.27. The van der Waals surface area contributed by atoms with Gasteiger partial charge in [0.1, 0.15) is 11.5 Å². The number of hydrogen-bond donors (Lipinski definition) is 0. The van der Waals surface area contributed by atoms with Gasteiger partial charge in [-0.05, 0) is 34.4 Å². The maximum atomic E-state index is 13.4. The summed E-state index contributed by atoms with van der Waals surface area (Å²) in [6.45, 7) is 0. The zero-order chi connectivity index (χ0) is 20.7. The van der Waals surface area contributed by atoms with Crippen LogP contribution in [0.5, 0.6) is 0 Å². The van der Waals surface area contributed by atoms with Gasteiger partial charge in [0.15, 0.2) is 0 Å². The lowest BCUT2D eigenvalue weighted by Crippen LogP contribution is -2.01. The van der Waals surface area contributed by atoms with Crippen LogP contribution in [0.4, 0.5) is 10.1 Å². The fraction of sp³-hybridized carbons (Fsp3) is 0.0909. The van der Waals surface area contributed by atoms with Gasteiger partial charge >= 0.3 is 0 Å². The standard InChI is InChI=1S/C22H15FN4O2S/c23-14-9-10-20(21(11-14)27(28)29)26-12-15(24-25-26)13-30-22-18-7-3-1-5-16(18)17-6-2-4-8-19(17)22/h1-12,22H,13H2. The van der Waals surface area contributed by atoms with Gasteiger partial charge in [0.2, 0.25) is 0 Å². The lowest BCUT2D eigenvalue weighted by atomic mass is 10.1. The number of nitrogens with zero attached hydrogens (tertiary/aromatic N) is 4. The first-order valence-corrected chi connectivity index (χ1v) is 10.3. The second-order valence-corrected chi connectivity index (χ2v) is 8.00. The first kappa shape index (κ1) is 18.5. The number of thioether (sulfide) groups is 1. The number of fused-ring (bicyclic) bond motifs is 3. The van der Waals surface area contributed by atoms with E-state index < -0.39 is 10.7 Å². The van der Waals surface area contributed by atoms with Gasteiger partial charge in [0, 0.05) is 5.75 Å². The average Bonchev–Trinajstić information content (AvgIpc) is 3.35. The van der Waals surface area contributed by atoms with Crippen molar-refractivity contribution in [3.8, 4) is 16.8 Å². The molecule has 0 atom stereocenters. The van der Waals surface area contributed by atoms with Crippen LogP contribution in [0, 0.1) is 15.9 Å². The molecule has 0 aliphatic heterocycles. The van der Waals surface area contributed by atoms with Gasteiger partial charge in [0.25, 0.3) is 5.69 Å². The minimum atomic E-state index is -0.667. The summed E-state index contributed by atoms with van der Waals surface area (Å²) in [5.74, 6) is -0.0811. The summed E-state index contributed by atoms with van der Waals surface area (Å²) in [6, 6.07) is 20.1. The van der Waals surface area contributed by atoms with E-state index in [4.69, 9.17) is 0 Å². The van der Waals surface area contributed by atoms with Crippen molar-refractivity contribution in [2.24, 2.45) is 0 Å². The van der Waals surface area contributed by atoms with Crippen LogP contribution in [0.25, 0.3) is 16.8 Å². The van der Waals surface area contributed by atoms with E-state index in [1.54, 1.807) is 18.0 Å². The van der Waals surface area contributed by atoms with Crippen molar-refractivity contribution in [3.05, 3.63) is 106 Å². The molecule has 6 nitrogen and oxygen atoms in total. The molecular formula is C22H15FN4O2S. The van der Waals surface area contributed by atoms with E-state index in [9.17, 15) is 14.5 Å². The summed E-state index contributed by atoms with van der Waals surface area (Å²) >= 11 is 1.73. The van der Waals surface area contributed by atoms with E-state index in [2.05, 4.69) is 34.6 Å². The minimum absolute atomic E-state index is 0.182. The van der Waals surface area contributed by atoms with Gasteiger partial charge in [0.05, 0.1) is 28.1 Å². The Hall–Kier alpha value is -3.52. The summed E-state index contributed by atoms with van der Waals surface area (Å²) in [6.07, 6.45) is 1.65. The summed E-state index contributed by atoms with van der Waals surface area (Å²) in [7, 11) is 0. The molecule has 1 aliphatic carbocycles. The Labute approximate surface area is 175 Å². The lowest BCUT2D eigenvalue weighted by Gasteiger charge is -2.12. The summed E-state index contributed by atoms with van der Waals surface area (Å²) in [4.78, 5) is 10.6. The van der Waals surface area contributed by atoms with Crippen molar-refractivity contribution < 1.29 is 9.31 Å². The molecule has 0 bridgehead atoms. The third-order valence-corrected chi connectivity index (χ3v) is 6.40. The van der Waals surface area contributed by atoms with E-state index >= 15 is 0 Å². The predicted octanol–water partition coefficient (Wildman–Crippen LogP) is 5.32. The molecule has 0 N–H and O–H groups in total. The fourth-order valence-corrected chi connectivity index (χ4v) is 5.02. The van der Waals surface area contributed by atoms with Crippen molar-refractivity contribution in [1.82, 2.24) is 15.0 Å². The number of benzene rings is 3. The van der Waals surface area contributed by atoms with Crippen molar-refractivity contribution in [2.45, 2.75) is 11.0 Å². The lowest BCUT2D eigenvalue weighted by molar-refractivity contribution is -0.384. The number of nitro groups is 1. The van der Waals surface area contributed by atoms with Crippen molar-refractivity contribution >= 4 is 17.4 Å². The normalized spacial score (nSPS) is 12.6. The first-order chi connectivity index (χ1) is 14.6. The topological polar surface area (TPSA) is 73.8 Å². The second-order valence-electron chi connectivity index (χ2n) is 6.91. The largest absolute Gasteiger partial charge is 0.297 e. The molecule has 5 rings (SSSR count). The highest BCUT2D eigenvalue weighted by atomic mass is 32.2. The number of rotatable bonds is 5. The second kappa shape index (κ2) is 7.38. The molecule has 1 aliphatic rings. The maximum Gasteiger partial charge on any atom is 0.297 e. The molecule has 148 valence electrons. The van der Waals surface area contributed by atoms with Gasteiger partial charge in [-0.15, -0.1) is 16.9 Å². The number of nitro benzene ring substituents is 1. The number of hydrogen-bond acceptors (Lipinski definition) is 5. The quantitative estimate of drug-likeness (QED) is 0.324. The highest BCUT2D eigenvalue weighted by Gasteiger charge is 2.28. The molecule has 3 aromatic carbocycles. The monoisotopic (exact) mass is 418 g/mol. The Balaban J connectivity index is 1.41. The molecular weight excluding hydrogens is 403 g/mol. The third-order valence-electron chi connectivity index (χ3n) is 5.10. The molecule has 0 unspecified atom stereocenters. The molecule has 8 heteroatoms. The Bertz CT molecular complexity index is 1230. The summed E-state index contributed by atoms with van der Waals surface area (Å²) in [5, 5.41) is 19.6. The van der Waals surface area contributed by atoms with Crippen LogP contribution < -0.4 is 0 Å². The Kier molecular flexibility index (Phi) is 4.55. The molecule has 1 heterocycles. The highest BCUT2D eigenvalue weighted by molar-refractivity contribution is 7.99. The van der Waals surface area contributed by atoms with Crippen molar-refractivity contribution in [2.75, 3.05) is 0 Å². The smallest absolute Gasteiger partial charge is 0.258 e. The SMILES string of the molecule is O=[N+]([O-])c1cc(F)ccc1-n1cc(CSC2c3ccccc3-c3ccccc32)nn1. The van der Waals surface area contributed by atoms with Gasteiger partial charge in [-0.1, -0.05) is 53.7 Å². The maximum absolute atomic E-state index is 13.4. The molecule has 30 heavy (non-hydrogen) atoms. The van der Waals surface area contributed by atoms with Gasteiger partial charge in [-0.3, -0.25) is 10.1 Å². The Morgan fingerprint density at radius 2 is 1.70 bits per heavy atom. The highest BCUT2D eigenvalue weighted by Crippen LogP contribution is 2.50.